The van der Waals surface area contributed by atoms with E-state index >= 15 is 0 Å². The van der Waals surface area contributed by atoms with E-state index in [1.54, 1.807) is 0 Å². The minimum Gasteiger partial charge on any atom is -0.377 e. The van der Waals surface area contributed by atoms with Gasteiger partial charge in [0.25, 0.3) is 0 Å². The van der Waals surface area contributed by atoms with E-state index in [-0.39, 0.29) is 0 Å². The van der Waals surface area contributed by atoms with Gasteiger partial charge in [0, 0.05) is 19.3 Å². The van der Waals surface area contributed by atoms with Gasteiger partial charge in [-0.1, -0.05) is 6.07 Å². The van der Waals surface area contributed by atoms with Gasteiger partial charge in [-0.25, -0.2) is 4.98 Å². The van der Waals surface area contributed by atoms with Crippen molar-refractivity contribution in [1.29, 1.82) is 0 Å². The zero-order chi connectivity index (χ0) is 13.2. The number of imidazole rings is 1. The van der Waals surface area contributed by atoms with E-state index in [0.717, 1.165) is 37.8 Å². The second-order valence-corrected chi connectivity index (χ2v) is 4.96. The zero-order valence-corrected chi connectivity index (χ0v) is 11.5. The zero-order valence-electron chi connectivity index (χ0n) is 11.5. The highest BCUT2D eigenvalue weighted by atomic mass is 16.5. The Morgan fingerprint density at radius 1 is 1.47 bits per heavy atom. The summed E-state index contributed by atoms with van der Waals surface area (Å²) in [4.78, 5) is 7.15. The average Bonchev–Trinajstić information content (AvgIpc) is 2.79. The molecule has 0 aromatic carbocycles. The Hall–Kier alpha value is -1.59. The topological polar surface area (TPSA) is 41.8 Å². The minimum absolute atomic E-state index is 0.370. The molecule has 1 aliphatic heterocycles. The maximum absolute atomic E-state index is 5.52. The molecule has 2 aromatic rings. The minimum atomic E-state index is 0.370. The molecule has 1 saturated heterocycles. The van der Waals surface area contributed by atoms with Crippen molar-refractivity contribution >= 4 is 11.5 Å². The first-order chi connectivity index (χ1) is 9.31. The summed E-state index contributed by atoms with van der Waals surface area (Å²) in [5.74, 6) is 1.08. The molecule has 1 fully saturated rings. The first-order valence-corrected chi connectivity index (χ1v) is 6.76. The summed E-state index contributed by atoms with van der Waals surface area (Å²) in [5, 5.41) is 3.24. The van der Waals surface area contributed by atoms with Gasteiger partial charge in [-0.3, -0.25) is 0 Å². The quantitative estimate of drug-likeness (QED) is 0.902. The number of pyridine rings is 1. The number of aromatic nitrogens is 2. The molecule has 0 radical (unpaired) electrons. The molecular weight excluding hydrogens is 240 g/mol. The molecule has 0 amide bonds. The van der Waals surface area contributed by atoms with Crippen LogP contribution in [0, 0.1) is 0 Å². The van der Waals surface area contributed by atoms with Crippen LogP contribution in [0.15, 0.2) is 24.4 Å². The second-order valence-electron chi connectivity index (χ2n) is 4.96. The number of fused-ring (bicyclic) bond motifs is 1. The van der Waals surface area contributed by atoms with Crippen LogP contribution in [-0.2, 0) is 11.3 Å². The Labute approximate surface area is 113 Å². The lowest BCUT2D eigenvalue weighted by Gasteiger charge is -2.34. The maximum Gasteiger partial charge on any atom is 0.152 e. The van der Waals surface area contributed by atoms with Gasteiger partial charge in [-0.15, -0.1) is 0 Å². The Kier molecular flexibility index (Phi) is 3.40. The highest BCUT2D eigenvalue weighted by molar-refractivity contribution is 5.56. The molecule has 1 N–H and O–H groups in total. The number of rotatable bonds is 3. The smallest absolute Gasteiger partial charge is 0.152 e. The standard InChI is InChI=1S/C14H20N4O/c1-11-10-19-8-7-17(11)14-12(9-15-2)18-6-4-3-5-13(18)16-14/h3-6,11,15H,7-10H2,1-2H3. The van der Waals surface area contributed by atoms with Crippen molar-refractivity contribution in [1.82, 2.24) is 14.7 Å². The summed E-state index contributed by atoms with van der Waals surface area (Å²) in [6.45, 7) is 5.45. The highest BCUT2D eigenvalue weighted by Gasteiger charge is 2.24. The van der Waals surface area contributed by atoms with Crippen LogP contribution in [0.25, 0.3) is 5.65 Å². The first kappa shape index (κ1) is 12.4. The van der Waals surface area contributed by atoms with Gasteiger partial charge in [-0.2, -0.15) is 0 Å². The molecule has 0 bridgehead atoms. The van der Waals surface area contributed by atoms with Crippen LogP contribution in [0.5, 0.6) is 0 Å². The average molecular weight is 260 g/mol. The fraction of sp³-hybridized carbons (Fsp3) is 0.500. The number of hydrogen-bond donors (Lipinski definition) is 1. The van der Waals surface area contributed by atoms with Crippen LogP contribution >= 0.6 is 0 Å². The third kappa shape index (κ3) is 2.19. The maximum atomic E-state index is 5.52. The van der Waals surface area contributed by atoms with Crippen molar-refractivity contribution in [2.45, 2.75) is 19.5 Å². The molecule has 5 nitrogen and oxygen atoms in total. The number of ether oxygens (including phenoxy) is 1. The first-order valence-electron chi connectivity index (χ1n) is 6.76. The van der Waals surface area contributed by atoms with Crippen LogP contribution in [0.4, 0.5) is 5.82 Å². The summed E-state index contributed by atoms with van der Waals surface area (Å²) in [6, 6.07) is 6.49. The van der Waals surface area contributed by atoms with Crippen molar-refractivity contribution in [2.75, 3.05) is 31.7 Å². The number of nitrogens with one attached hydrogen (secondary N) is 1. The fourth-order valence-corrected chi connectivity index (χ4v) is 2.64. The van der Waals surface area contributed by atoms with Gasteiger partial charge in [-0.05, 0) is 26.1 Å². The summed E-state index contributed by atoms with van der Waals surface area (Å²) in [5.41, 5.74) is 2.22. The van der Waals surface area contributed by atoms with Gasteiger partial charge in [0.2, 0.25) is 0 Å². The van der Waals surface area contributed by atoms with Crippen LogP contribution in [-0.4, -0.2) is 42.2 Å². The molecule has 3 heterocycles. The number of hydrogen-bond acceptors (Lipinski definition) is 4. The lowest BCUT2D eigenvalue weighted by atomic mass is 10.2. The lowest BCUT2D eigenvalue weighted by Crippen LogP contribution is -2.44. The largest absolute Gasteiger partial charge is 0.377 e. The van der Waals surface area contributed by atoms with Crippen molar-refractivity contribution in [3.05, 3.63) is 30.1 Å². The number of nitrogens with zero attached hydrogens (tertiary/aromatic N) is 3. The van der Waals surface area contributed by atoms with Crippen molar-refractivity contribution in [3.8, 4) is 0 Å². The van der Waals surface area contributed by atoms with E-state index in [2.05, 4.69) is 27.7 Å². The van der Waals surface area contributed by atoms with E-state index < -0.39 is 0 Å². The van der Waals surface area contributed by atoms with Gasteiger partial charge in [0.05, 0.1) is 24.9 Å². The Balaban J connectivity index is 2.08. The molecule has 3 rings (SSSR count). The van der Waals surface area contributed by atoms with Crippen LogP contribution in [0.2, 0.25) is 0 Å². The molecule has 0 aliphatic carbocycles. The molecule has 1 aliphatic rings. The monoisotopic (exact) mass is 260 g/mol. The molecule has 0 saturated carbocycles. The number of anilines is 1. The second kappa shape index (κ2) is 5.19. The predicted octanol–water partition coefficient (Wildman–Crippen LogP) is 1.28. The van der Waals surface area contributed by atoms with Gasteiger partial charge in [0.1, 0.15) is 5.65 Å². The summed E-state index contributed by atoms with van der Waals surface area (Å²) in [7, 11) is 1.97. The molecule has 19 heavy (non-hydrogen) atoms. The van der Waals surface area contributed by atoms with Gasteiger partial charge in [0.15, 0.2) is 5.82 Å². The normalized spacial score (nSPS) is 20.1. The molecule has 1 atom stereocenters. The Bertz CT molecular complexity index is 566. The summed E-state index contributed by atoms with van der Waals surface area (Å²) < 4.78 is 7.68. The molecule has 1 unspecified atom stereocenters. The SMILES string of the molecule is CNCc1c(N2CCOCC2C)nc2ccccn12. The highest BCUT2D eigenvalue weighted by Crippen LogP contribution is 2.24. The van der Waals surface area contributed by atoms with E-state index in [9.17, 15) is 0 Å². The summed E-state index contributed by atoms with van der Waals surface area (Å²) >= 11 is 0. The third-order valence-electron chi connectivity index (χ3n) is 3.59. The van der Waals surface area contributed by atoms with Gasteiger partial charge >= 0.3 is 0 Å². The number of morpholine rings is 1. The van der Waals surface area contributed by atoms with Crippen molar-refractivity contribution in [2.24, 2.45) is 0 Å². The van der Waals surface area contributed by atoms with Crippen LogP contribution in [0.1, 0.15) is 12.6 Å². The molecule has 0 spiro atoms. The van der Waals surface area contributed by atoms with Gasteiger partial charge < -0.3 is 19.4 Å². The molecule has 5 heteroatoms. The van der Waals surface area contributed by atoms with Crippen LogP contribution < -0.4 is 10.2 Å². The Morgan fingerprint density at radius 2 is 2.37 bits per heavy atom. The van der Waals surface area contributed by atoms with E-state index in [4.69, 9.17) is 9.72 Å². The fourth-order valence-electron chi connectivity index (χ4n) is 2.64. The van der Waals surface area contributed by atoms with Crippen LogP contribution in [0.3, 0.4) is 0 Å². The van der Waals surface area contributed by atoms with E-state index in [1.165, 1.54) is 5.69 Å². The van der Waals surface area contributed by atoms with Crippen molar-refractivity contribution in [3.63, 3.8) is 0 Å². The predicted molar refractivity (Wildman–Crippen MR) is 75.6 cm³/mol. The molecule has 102 valence electrons. The summed E-state index contributed by atoms with van der Waals surface area (Å²) in [6.07, 6.45) is 2.07. The Morgan fingerprint density at radius 3 is 3.16 bits per heavy atom. The van der Waals surface area contributed by atoms with E-state index in [1.807, 2.05) is 25.2 Å². The lowest BCUT2D eigenvalue weighted by molar-refractivity contribution is 0.0985. The third-order valence-corrected chi connectivity index (χ3v) is 3.59. The van der Waals surface area contributed by atoms with Crippen molar-refractivity contribution < 1.29 is 4.74 Å². The van der Waals surface area contributed by atoms with E-state index in [0.29, 0.717) is 6.04 Å². The molecule has 2 aromatic heterocycles. The molecular formula is C14H20N4O.